The Balaban J connectivity index is 1.47. The summed E-state index contributed by atoms with van der Waals surface area (Å²) in [5.74, 6) is -0.229. The lowest BCUT2D eigenvalue weighted by molar-refractivity contribution is -0.146. The molecule has 5 heteroatoms. The Morgan fingerprint density at radius 3 is 2.40 bits per heavy atom. The molecule has 0 radical (unpaired) electrons. The largest absolute Gasteiger partial charge is 0.469 e. The van der Waals surface area contributed by atoms with E-state index in [1.165, 1.54) is 18.2 Å². The standard InChI is InChI=1S/C25H30N2O3/c1-30-25(29)21(12-17-6-3-2-4-7-17)16-27-22-10-11-23(27)15-20(14-22)18-8-5-9-19(13-18)24(26)28/h2-9,13,20-23H,10-12,14-16H2,1H3,(H2,26,28)/t20-,21?,22+,23-. The zero-order valence-electron chi connectivity index (χ0n) is 17.5. The summed E-state index contributed by atoms with van der Waals surface area (Å²) in [5, 5.41) is 0. The Kier molecular flexibility index (Phi) is 6.18. The first-order valence-electron chi connectivity index (χ1n) is 10.8. The number of nitrogens with two attached hydrogens (primary N) is 1. The van der Waals surface area contributed by atoms with Gasteiger partial charge in [-0.2, -0.15) is 0 Å². The van der Waals surface area contributed by atoms with Crippen molar-refractivity contribution in [3.63, 3.8) is 0 Å². The number of piperidine rings is 1. The van der Waals surface area contributed by atoms with Gasteiger partial charge in [0.15, 0.2) is 0 Å². The number of hydrogen-bond acceptors (Lipinski definition) is 4. The molecular weight excluding hydrogens is 376 g/mol. The number of carbonyl (C=O) groups is 2. The van der Waals surface area contributed by atoms with Crippen LogP contribution in [0.1, 0.15) is 53.1 Å². The lowest BCUT2D eigenvalue weighted by Crippen LogP contribution is -2.46. The monoisotopic (exact) mass is 406 g/mol. The first-order valence-corrected chi connectivity index (χ1v) is 10.8. The van der Waals surface area contributed by atoms with Crippen LogP contribution in [0.25, 0.3) is 0 Å². The predicted octanol–water partition coefficient (Wildman–Crippen LogP) is 3.53. The minimum Gasteiger partial charge on any atom is -0.469 e. The van der Waals surface area contributed by atoms with Crippen LogP contribution in [0.15, 0.2) is 54.6 Å². The Hall–Kier alpha value is -2.66. The molecule has 4 atom stereocenters. The third kappa shape index (κ3) is 4.41. The van der Waals surface area contributed by atoms with Crippen LogP contribution in [0.2, 0.25) is 0 Å². The second kappa shape index (κ2) is 9.00. The molecule has 30 heavy (non-hydrogen) atoms. The molecule has 2 aliphatic heterocycles. The van der Waals surface area contributed by atoms with Gasteiger partial charge in [0.25, 0.3) is 0 Å². The molecule has 0 aliphatic carbocycles. The fourth-order valence-corrected chi connectivity index (χ4v) is 5.33. The van der Waals surface area contributed by atoms with E-state index in [4.69, 9.17) is 10.5 Å². The average molecular weight is 407 g/mol. The van der Waals surface area contributed by atoms with Crippen LogP contribution in [0.5, 0.6) is 0 Å². The van der Waals surface area contributed by atoms with E-state index in [1.807, 2.05) is 30.3 Å². The van der Waals surface area contributed by atoms with Crippen LogP contribution in [0.4, 0.5) is 0 Å². The van der Waals surface area contributed by atoms with Gasteiger partial charge < -0.3 is 10.5 Å². The maximum atomic E-state index is 12.5. The first-order chi connectivity index (χ1) is 14.5. The highest BCUT2D eigenvalue weighted by Gasteiger charge is 2.42. The van der Waals surface area contributed by atoms with Gasteiger partial charge in [0.1, 0.15) is 0 Å². The number of esters is 1. The number of benzene rings is 2. The smallest absolute Gasteiger partial charge is 0.310 e. The average Bonchev–Trinajstić information content (AvgIpc) is 3.00. The number of fused-ring (bicyclic) bond motifs is 2. The number of ether oxygens (including phenoxy) is 1. The predicted molar refractivity (Wildman–Crippen MR) is 116 cm³/mol. The van der Waals surface area contributed by atoms with Crippen LogP contribution >= 0.6 is 0 Å². The highest BCUT2D eigenvalue weighted by Crippen LogP contribution is 2.43. The number of rotatable bonds is 7. The van der Waals surface area contributed by atoms with Crippen molar-refractivity contribution in [1.82, 2.24) is 4.90 Å². The quantitative estimate of drug-likeness (QED) is 0.714. The molecule has 2 fully saturated rings. The second-order valence-electron chi connectivity index (χ2n) is 8.65. The molecule has 1 unspecified atom stereocenters. The first kappa shape index (κ1) is 20.6. The molecule has 1 amide bonds. The van der Waals surface area contributed by atoms with Crippen LogP contribution in [0, 0.1) is 5.92 Å². The summed E-state index contributed by atoms with van der Waals surface area (Å²) >= 11 is 0. The van der Waals surface area contributed by atoms with E-state index in [9.17, 15) is 9.59 Å². The highest BCUT2D eigenvalue weighted by molar-refractivity contribution is 5.92. The van der Waals surface area contributed by atoms with E-state index in [-0.39, 0.29) is 17.8 Å². The summed E-state index contributed by atoms with van der Waals surface area (Å²) in [5.41, 5.74) is 8.42. The highest BCUT2D eigenvalue weighted by atomic mass is 16.5. The van der Waals surface area contributed by atoms with E-state index in [0.717, 1.165) is 32.2 Å². The molecule has 158 valence electrons. The zero-order chi connectivity index (χ0) is 21.1. The molecule has 2 aromatic rings. The third-order valence-corrected chi connectivity index (χ3v) is 6.82. The summed E-state index contributed by atoms with van der Waals surface area (Å²) < 4.78 is 5.13. The van der Waals surface area contributed by atoms with Gasteiger partial charge in [-0.1, -0.05) is 42.5 Å². The van der Waals surface area contributed by atoms with Crippen molar-refractivity contribution >= 4 is 11.9 Å². The number of nitrogens with zero attached hydrogens (tertiary/aromatic N) is 1. The molecule has 0 saturated carbocycles. The van der Waals surface area contributed by atoms with Crippen molar-refractivity contribution in [2.24, 2.45) is 11.7 Å². The van der Waals surface area contributed by atoms with Crippen LogP contribution in [-0.2, 0) is 16.0 Å². The zero-order valence-corrected chi connectivity index (χ0v) is 17.5. The molecule has 0 aromatic heterocycles. The van der Waals surface area contributed by atoms with Crippen molar-refractivity contribution < 1.29 is 14.3 Å². The number of primary amides is 1. The molecule has 2 aliphatic rings. The van der Waals surface area contributed by atoms with E-state index in [2.05, 4.69) is 23.1 Å². The van der Waals surface area contributed by atoms with E-state index < -0.39 is 0 Å². The van der Waals surface area contributed by atoms with Crippen LogP contribution in [-0.4, -0.2) is 42.5 Å². The Bertz CT molecular complexity index is 884. The van der Waals surface area contributed by atoms with Gasteiger partial charge in [0.2, 0.25) is 5.91 Å². The minimum atomic E-state index is -0.376. The fraction of sp³-hybridized carbons (Fsp3) is 0.440. The molecule has 2 aromatic carbocycles. The van der Waals surface area contributed by atoms with Crippen LogP contribution in [0.3, 0.4) is 0 Å². The molecule has 5 nitrogen and oxygen atoms in total. The van der Waals surface area contributed by atoms with E-state index in [1.54, 1.807) is 6.07 Å². The van der Waals surface area contributed by atoms with Gasteiger partial charge in [0, 0.05) is 24.2 Å². The lowest BCUT2D eigenvalue weighted by Gasteiger charge is -2.40. The van der Waals surface area contributed by atoms with Crippen molar-refractivity contribution in [2.45, 2.75) is 50.1 Å². The summed E-state index contributed by atoms with van der Waals surface area (Å²) in [6, 6.07) is 18.9. The van der Waals surface area contributed by atoms with E-state index in [0.29, 0.717) is 30.0 Å². The molecule has 2 bridgehead atoms. The Morgan fingerprint density at radius 2 is 1.77 bits per heavy atom. The number of carbonyl (C=O) groups excluding carboxylic acids is 2. The topological polar surface area (TPSA) is 72.6 Å². The van der Waals surface area contributed by atoms with Gasteiger partial charge in [-0.15, -0.1) is 0 Å². The number of hydrogen-bond donors (Lipinski definition) is 1. The lowest BCUT2D eigenvalue weighted by atomic mass is 9.83. The van der Waals surface area contributed by atoms with Gasteiger partial charge in [0.05, 0.1) is 13.0 Å². The minimum absolute atomic E-state index is 0.130. The SMILES string of the molecule is COC(=O)C(Cc1ccccc1)CN1[C@@H]2CC[C@H]1C[C@@H](c1cccc(C(N)=O)c1)C2. The maximum Gasteiger partial charge on any atom is 0.310 e. The van der Waals surface area contributed by atoms with Gasteiger partial charge in [-0.25, -0.2) is 0 Å². The van der Waals surface area contributed by atoms with Crippen molar-refractivity contribution in [3.05, 3.63) is 71.3 Å². The molecule has 2 saturated heterocycles. The van der Waals surface area contributed by atoms with E-state index >= 15 is 0 Å². The third-order valence-electron chi connectivity index (χ3n) is 6.82. The maximum absolute atomic E-state index is 12.5. The van der Waals surface area contributed by atoms with Crippen molar-refractivity contribution in [1.29, 1.82) is 0 Å². The summed E-state index contributed by atoms with van der Waals surface area (Å²) in [6.07, 6.45) is 5.13. The number of methoxy groups -OCH3 is 1. The molecular formula is C25H30N2O3. The molecule has 2 N–H and O–H groups in total. The van der Waals surface area contributed by atoms with Gasteiger partial charge >= 0.3 is 5.97 Å². The summed E-state index contributed by atoms with van der Waals surface area (Å²) in [6.45, 7) is 0.741. The van der Waals surface area contributed by atoms with Crippen molar-refractivity contribution in [2.75, 3.05) is 13.7 Å². The van der Waals surface area contributed by atoms with Gasteiger partial charge in [-0.3, -0.25) is 14.5 Å². The normalized spacial score (nSPS) is 24.4. The molecule has 0 spiro atoms. The number of amides is 1. The molecule has 2 heterocycles. The molecule has 4 rings (SSSR count). The second-order valence-corrected chi connectivity index (χ2v) is 8.65. The summed E-state index contributed by atoms with van der Waals surface area (Å²) in [4.78, 5) is 26.6. The van der Waals surface area contributed by atoms with Gasteiger partial charge in [-0.05, 0) is 61.3 Å². The fourth-order valence-electron chi connectivity index (χ4n) is 5.33. The van der Waals surface area contributed by atoms with Crippen LogP contribution < -0.4 is 5.73 Å². The Labute approximate surface area is 178 Å². The summed E-state index contributed by atoms with van der Waals surface area (Å²) in [7, 11) is 1.48. The van der Waals surface area contributed by atoms with Crippen molar-refractivity contribution in [3.8, 4) is 0 Å². The Morgan fingerprint density at radius 1 is 1.07 bits per heavy atom.